The van der Waals surface area contributed by atoms with Crippen LogP contribution in [-0.2, 0) is 0 Å². The topological polar surface area (TPSA) is 58.1 Å². The van der Waals surface area contributed by atoms with Gasteiger partial charge in [-0.2, -0.15) is 0 Å². The lowest BCUT2D eigenvalue weighted by atomic mass is 9.99. The van der Waals surface area contributed by atoms with Gasteiger partial charge in [-0.05, 0) is 56.7 Å². The van der Waals surface area contributed by atoms with Crippen LogP contribution in [0.3, 0.4) is 0 Å². The van der Waals surface area contributed by atoms with E-state index in [-0.39, 0.29) is 5.91 Å². The molecule has 0 saturated carbocycles. The van der Waals surface area contributed by atoms with Crippen LogP contribution in [0.1, 0.15) is 47.2 Å². The Morgan fingerprint density at radius 1 is 1.16 bits per heavy atom. The van der Waals surface area contributed by atoms with Gasteiger partial charge in [0, 0.05) is 24.8 Å². The SMILES string of the molecule is Cc1nc(C(=O)Nc2cccc(C)c2C)cc(N2CCC(C)CC2)n1. The fourth-order valence-electron chi connectivity index (χ4n) is 3.14. The highest BCUT2D eigenvalue weighted by molar-refractivity contribution is 6.03. The Bertz CT molecular complexity index is 779. The minimum absolute atomic E-state index is 0.189. The van der Waals surface area contributed by atoms with Crippen molar-refractivity contribution in [2.45, 2.75) is 40.5 Å². The number of benzene rings is 1. The second-order valence-electron chi connectivity index (χ2n) is 7.03. The van der Waals surface area contributed by atoms with Crippen molar-refractivity contribution in [3.05, 3.63) is 46.9 Å². The summed E-state index contributed by atoms with van der Waals surface area (Å²) >= 11 is 0. The fourth-order valence-corrected chi connectivity index (χ4v) is 3.14. The molecule has 1 aromatic heterocycles. The van der Waals surface area contributed by atoms with Crippen LogP contribution in [0, 0.1) is 26.7 Å². The van der Waals surface area contributed by atoms with Gasteiger partial charge < -0.3 is 10.2 Å². The van der Waals surface area contributed by atoms with Crippen molar-refractivity contribution in [1.82, 2.24) is 9.97 Å². The molecule has 1 aliphatic rings. The first kappa shape index (κ1) is 17.4. The molecular formula is C20H26N4O. The summed E-state index contributed by atoms with van der Waals surface area (Å²) in [5.74, 6) is 2.05. The summed E-state index contributed by atoms with van der Waals surface area (Å²) in [5.41, 5.74) is 3.48. The molecule has 1 fully saturated rings. The fraction of sp³-hybridized carbons (Fsp3) is 0.450. The van der Waals surface area contributed by atoms with E-state index >= 15 is 0 Å². The number of carbonyl (C=O) groups is 1. The summed E-state index contributed by atoms with van der Waals surface area (Å²) in [4.78, 5) is 23.8. The molecule has 0 atom stereocenters. The van der Waals surface area contributed by atoms with Gasteiger partial charge in [0.1, 0.15) is 17.3 Å². The van der Waals surface area contributed by atoms with E-state index < -0.39 is 0 Å². The Hall–Kier alpha value is -2.43. The summed E-state index contributed by atoms with van der Waals surface area (Å²) in [5, 5.41) is 2.98. The maximum atomic E-state index is 12.7. The largest absolute Gasteiger partial charge is 0.356 e. The molecule has 1 aromatic carbocycles. The van der Waals surface area contributed by atoms with Crippen LogP contribution in [-0.4, -0.2) is 29.0 Å². The number of hydrogen-bond acceptors (Lipinski definition) is 4. The third-order valence-corrected chi connectivity index (χ3v) is 5.02. The lowest BCUT2D eigenvalue weighted by Gasteiger charge is -2.31. The van der Waals surface area contributed by atoms with Gasteiger partial charge in [0.15, 0.2) is 0 Å². The minimum atomic E-state index is -0.189. The molecule has 0 spiro atoms. The monoisotopic (exact) mass is 338 g/mol. The van der Waals surface area contributed by atoms with E-state index in [1.165, 1.54) is 0 Å². The highest BCUT2D eigenvalue weighted by Crippen LogP contribution is 2.23. The van der Waals surface area contributed by atoms with Crippen LogP contribution < -0.4 is 10.2 Å². The van der Waals surface area contributed by atoms with Crippen LogP contribution in [0.2, 0.25) is 0 Å². The Kier molecular flexibility index (Phi) is 5.02. The molecule has 0 unspecified atom stereocenters. The summed E-state index contributed by atoms with van der Waals surface area (Å²) in [6.45, 7) is 10.1. The van der Waals surface area contributed by atoms with Crippen LogP contribution in [0.25, 0.3) is 0 Å². The molecule has 0 radical (unpaired) electrons. The number of aromatic nitrogens is 2. The molecule has 1 aliphatic heterocycles. The molecule has 2 heterocycles. The first-order valence-corrected chi connectivity index (χ1v) is 8.92. The number of hydrogen-bond donors (Lipinski definition) is 1. The van der Waals surface area contributed by atoms with Crippen LogP contribution in [0.5, 0.6) is 0 Å². The molecule has 3 rings (SSSR count). The number of nitrogens with one attached hydrogen (secondary N) is 1. The lowest BCUT2D eigenvalue weighted by Crippen LogP contribution is -2.34. The Balaban J connectivity index is 1.82. The van der Waals surface area contributed by atoms with Crippen LogP contribution >= 0.6 is 0 Å². The molecule has 0 bridgehead atoms. The second kappa shape index (κ2) is 7.21. The average Bonchev–Trinajstić information content (AvgIpc) is 2.59. The number of piperidine rings is 1. The highest BCUT2D eigenvalue weighted by atomic mass is 16.1. The quantitative estimate of drug-likeness (QED) is 0.922. The van der Waals surface area contributed by atoms with Crippen molar-refractivity contribution < 1.29 is 4.79 Å². The van der Waals surface area contributed by atoms with E-state index in [0.717, 1.165) is 54.5 Å². The van der Waals surface area contributed by atoms with E-state index in [1.807, 2.05) is 45.0 Å². The lowest BCUT2D eigenvalue weighted by molar-refractivity contribution is 0.102. The summed E-state index contributed by atoms with van der Waals surface area (Å²) < 4.78 is 0. The number of nitrogens with zero attached hydrogens (tertiary/aromatic N) is 3. The van der Waals surface area contributed by atoms with Crippen LogP contribution in [0.15, 0.2) is 24.3 Å². The zero-order valence-electron chi connectivity index (χ0n) is 15.5. The number of rotatable bonds is 3. The van der Waals surface area contributed by atoms with E-state index in [2.05, 4.69) is 27.1 Å². The van der Waals surface area contributed by atoms with Gasteiger partial charge >= 0.3 is 0 Å². The summed E-state index contributed by atoms with van der Waals surface area (Å²) in [7, 11) is 0. The standard InChI is InChI=1S/C20H26N4O/c1-13-8-10-24(11-9-13)19-12-18(21-16(4)22-19)20(25)23-17-7-5-6-14(2)15(17)3/h5-7,12-13H,8-11H2,1-4H3,(H,23,25). The molecule has 1 N–H and O–H groups in total. The van der Waals surface area contributed by atoms with Gasteiger partial charge in [-0.15, -0.1) is 0 Å². The average molecular weight is 338 g/mol. The number of anilines is 2. The van der Waals surface area contributed by atoms with Gasteiger partial charge in [-0.3, -0.25) is 4.79 Å². The molecule has 5 nitrogen and oxygen atoms in total. The van der Waals surface area contributed by atoms with E-state index in [1.54, 1.807) is 0 Å². The smallest absolute Gasteiger partial charge is 0.274 e. The second-order valence-corrected chi connectivity index (χ2v) is 7.03. The molecule has 1 saturated heterocycles. The first-order valence-electron chi connectivity index (χ1n) is 8.92. The van der Waals surface area contributed by atoms with E-state index in [0.29, 0.717) is 11.5 Å². The number of carbonyl (C=O) groups excluding carboxylic acids is 1. The van der Waals surface area contributed by atoms with Gasteiger partial charge in [-0.25, -0.2) is 9.97 Å². The van der Waals surface area contributed by atoms with Crippen molar-refractivity contribution in [1.29, 1.82) is 0 Å². The molecule has 1 amide bonds. The van der Waals surface area contributed by atoms with Crippen LogP contribution in [0.4, 0.5) is 11.5 Å². The number of amides is 1. The van der Waals surface area contributed by atoms with Gasteiger partial charge in [0.2, 0.25) is 0 Å². The van der Waals surface area contributed by atoms with Gasteiger partial charge in [0.25, 0.3) is 5.91 Å². The Morgan fingerprint density at radius 2 is 1.88 bits per heavy atom. The molecular weight excluding hydrogens is 312 g/mol. The zero-order valence-corrected chi connectivity index (χ0v) is 15.5. The third kappa shape index (κ3) is 3.98. The van der Waals surface area contributed by atoms with Crippen molar-refractivity contribution in [3.63, 3.8) is 0 Å². The van der Waals surface area contributed by atoms with Crippen molar-refractivity contribution >= 4 is 17.4 Å². The predicted molar refractivity (Wildman–Crippen MR) is 101 cm³/mol. The molecule has 5 heteroatoms. The molecule has 0 aliphatic carbocycles. The summed E-state index contributed by atoms with van der Waals surface area (Å²) in [6, 6.07) is 7.71. The maximum absolute atomic E-state index is 12.7. The molecule has 2 aromatic rings. The minimum Gasteiger partial charge on any atom is -0.356 e. The van der Waals surface area contributed by atoms with Crippen molar-refractivity contribution in [2.75, 3.05) is 23.3 Å². The molecule has 132 valence electrons. The molecule has 25 heavy (non-hydrogen) atoms. The van der Waals surface area contributed by atoms with Gasteiger partial charge in [0.05, 0.1) is 0 Å². The Morgan fingerprint density at radius 3 is 2.60 bits per heavy atom. The first-order chi connectivity index (χ1) is 11.9. The van der Waals surface area contributed by atoms with E-state index in [4.69, 9.17) is 0 Å². The highest BCUT2D eigenvalue weighted by Gasteiger charge is 2.19. The Labute approximate surface area is 149 Å². The summed E-state index contributed by atoms with van der Waals surface area (Å²) in [6.07, 6.45) is 2.32. The normalized spacial score (nSPS) is 15.3. The maximum Gasteiger partial charge on any atom is 0.274 e. The van der Waals surface area contributed by atoms with Crippen molar-refractivity contribution in [3.8, 4) is 0 Å². The van der Waals surface area contributed by atoms with Gasteiger partial charge in [-0.1, -0.05) is 19.1 Å². The number of aryl methyl sites for hydroxylation is 2. The third-order valence-electron chi connectivity index (χ3n) is 5.02. The van der Waals surface area contributed by atoms with E-state index in [9.17, 15) is 4.79 Å². The zero-order chi connectivity index (χ0) is 18.0. The predicted octanol–water partition coefficient (Wildman–Crippen LogP) is 3.89. The van der Waals surface area contributed by atoms with Crippen molar-refractivity contribution in [2.24, 2.45) is 5.92 Å².